The molecule has 0 unspecified atom stereocenters. The summed E-state index contributed by atoms with van der Waals surface area (Å²) < 4.78 is 5.42. The zero-order valence-corrected chi connectivity index (χ0v) is 14.7. The van der Waals surface area contributed by atoms with Crippen molar-refractivity contribution in [3.8, 4) is 5.75 Å². The van der Waals surface area contributed by atoms with Crippen LogP contribution in [0.4, 0.5) is 11.4 Å². The Kier molecular flexibility index (Phi) is 5.21. The van der Waals surface area contributed by atoms with E-state index in [1.807, 2.05) is 31.2 Å². The summed E-state index contributed by atoms with van der Waals surface area (Å²) >= 11 is 0. The number of non-ortho nitro benzene ring substituents is 1. The van der Waals surface area contributed by atoms with E-state index < -0.39 is 10.3 Å². The van der Waals surface area contributed by atoms with Crippen molar-refractivity contribution in [1.82, 2.24) is 0 Å². The molecule has 2 aromatic carbocycles. The van der Waals surface area contributed by atoms with E-state index in [1.165, 1.54) is 12.1 Å². The van der Waals surface area contributed by atoms with E-state index in [0.29, 0.717) is 12.3 Å². The zero-order valence-electron chi connectivity index (χ0n) is 14.7. The number of anilines is 1. The highest BCUT2D eigenvalue weighted by Gasteiger charge is 2.42. The number of nitrogens with one attached hydrogen (secondary N) is 1. The summed E-state index contributed by atoms with van der Waals surface area (Å²) in [6.45, 7) is 2.51. The van der Waals surface area contributed by atoms with Crippen LogP contribution in [0.5, 0.6) is 5.75 Å². The van der Waals surface area contributed by atoms with E-state index in [2.05, 4.69) is 5.32 Å². The fourth-order valence-electron chi connectivity index (χ4n) is 3.58. The van der Waals surface area contributed by atoms with Gasteiger partial charge in [-0.2, -0.15) is 0 Å². The molecular weight excluding hydrogens is 332 g/mol. The van der Waals surface area contributed by atoms with Gasteiger partial charge in [-0.1, -0.05) is 25.0 Å². The van der Waals surface area contributed by atoms with Crippen molar-refractivity contribution in [3.63, 3.8) is 0 Å². The molecular formula is C20H22N2O4. The molecule has 26 heavy (non-hydrogen) atoms. The predicted octanol–water partition coefficient (Wildman–Crippen LogP) is 4.44. The molecule has 0 heterocycles. The van der Waals surface area contributed by atoms with Crippen molar-refractivity contribution in [3.05, 3.63) is 64.2 Å². The number of carbonyl (C=O) groups excluding carboxylic acids is 1. The summed E-state index contributed by atoms with van der Waals surface area (Å²) in [5.74, 6) is 0.699. The highest BCUT2D eigenvalue weighted by Crippen LogP contribution is 2.42. The molecule has 136 valence electrons. The molecule has 2 aromatic rings. The van der Waals surface area contributed by atoms with Crippen molar-refractivity contribution in [2.45, 2.75) is 38.0 Å². The number of benzene rings is 2. The van der Waals surface area contributed by atoms with Gasteiger partial charge >= 0.3 is 0 Å². The van der Waals surface area contributed by atoms with E-state index in [-0.39, 0.29) is 11.6 Å². The molecule has 1 amide bonds. The van der Waals surface area contributed by atoms with Crippen LogP contribution in [0, 0.1) is 10.1 Å². The van der Waals surface area contributed by atoms with E-state index >= 15 is 0 Å². The van der Waals surface area contributed by atoms with E-state index in [4.69, 9.17) is 4.74 Å². The number of amides is 1. The average molecular weight is 354 g/mol. The fourth-order valence-corrected chi connectivity index (χ4v) is 3.58. The van der Waals surface area contributed by atoms with Crippen LogP contribution in [0.2, 0.25) is 0 Å². The van der Waals surface area contributed by atoms with Gasteiger partial charge < -0.3 is 10.1 Å². The van der Waals surface area contributed by atoms with Crippen molar-refractivity contribution >= 4 is 17.3 Å². The Labute approximate surface area is 152 Å². The lowest BCUT2D eigenvalue weighted by molar-refractivity contribution is -0.384. The van der Waals surface area contributed by atoms with Crippen LogP contribution in [-0.2, 0) is 10.2 Å². The second-order valence-corrected chi connectivity index (χ2v) is 6.50. The van der Waals surface area contributed by atoms with Gasteiger partial charge in [-0.15, -0.1) is 0 Å². The van der Waals surface area contributed by atoms with Crippen molar-refractivity contribution in [1.29, 1.82) is 0 Å². The lowest BCUT2D eigenvalue weighted by Gasteiger charge is -2.28. The first-order valence-corrected chi connectivity index (χ1v) is 8.84. The zero-order chi connectivity index (χ0) is 18.6. The van der Waals surface area contributed by atoms with Crippen LogP contribution >= 0.6 is 0 Å². The SMILES string of the molecule is CCOc1ccc(NC(=O)C2(c3ccc([N+](=O)[O-])cc3)CCCC2)cc1. The molecule has 1 N–H and O–H groups in total. The Bertz CT molecular complexity index is 778. The lowest BCUT2D eigenvalue weighted by Crippen LogP contribution is -2.37. The van der Waals surface area contributed by atoms with Gasteiger partial charge in [-0.3, -0.25) is 14.9 Å². The van der Waals surface area contributed by atoms with Crippen LogP contribution in [0.1, 0.15) is 38.2 Å². The van der Waals surface area contributed by atoms with Crippen LogP contribution in [0.25, 0.3) is 0 Å². The van der Waals surface area contributed by atoms with Crippen molar-refractivity contribution in [2.24, 2.45) is 0 Å². The number of nitro groups is 1. The number of hydrogen-bond acceptors (Lipinski definition) is 4. The Morgan fingerprint density at radius 1 is 1.12 bits per heavy atom. The summed E-state index contributed by atoms with van der Waals surface area (Å²) in [7, 11) is 0. The number of nitro benzene ring substituents is 1. The minimum Gasteiger partial charge on any atom is -0.494 e. The van der Waals surface area contributed by atoms with E-state index in [9.17, 15) is 14.9 Å². The first-order valence-electron chi connectivity index (χ1n) is 8.84. The van der Waals surface area contributed by atoms with Gasteiger partial charge in [0.2, 0.25) is 5.91 Å². The Balaban J connectivity index is 1.82. The van der Waals surface area contributed by atoms with Crippen LogP contribution < -0.4 is 10.1 Å². The third kappa shape index (κ3) is 3.54. The predicted molar refractivity (Wildman–Crippen MR) is 99.5 cm³/mol. The standard InChI is InChI=1S/C20H22N2O4/c1-2-26-18-11-7-16(8-12-18)21-19(23)20(13-3-4-14-20)15-5-9-17(10-6-15)22(24)25/h5-12H,2-4,13-14H2,1H3,(H,21,23). The number of hydrogen-bond donors (Lipinski definition) is 1. The van der Waals surface area contributed by atoms with Crippen LogP contribution in [0.3, 0.4) is 0 Å². The quantitative estimate of drug-likeness (QED) is 0.614. The summed E-state index contributed by atoms with van der Waals surface area (Å²) in [6, 6.07) is 13.7. The summed E-state index contributed by atoms with van der Waals surface area (Å²) in [6.07, 6.45) is 3.42. The topological polar surface area (TPSA) is 81.5 Å². The minimum absolute atomic E-state index is 0.0359. The maximum absolute atomic E-state index is 13.1. The second kappa shape index (κ2) is 7.56. The summed E-state index contributed by atoms with van der Waals surface area (Å²) in [5, 5.41) is 13.9. The first kappa shape index (κ1) is 17.9. The molecule has 0 saturated heterocycles. The molecule has 1 fully saturated rings. The van der Waals surface area contributed by atoms with Gasteiger partial charge in [0.25, 0.3) is 5.69 Å². The Morgan fingerprint density at radius 3 is 2.27 bits per heavy atom. The Hall–Kier alpha value is -2.89. The van der Waals surface area contributed by atoms with E-state index in [1.54, 1.807) is 12.1 Å². The van der Waals surface area contributed by atoms with Gasteiger partial charge in [-0.05, 0) is 49.6 Å². The molecule has 0 aliphatic heterocycles. The average Bonchev–Trinajstić information content (AvgIpc) is 3.15. The molecule has 1 aliphatic carbocycles. The Morgan fingerprint density at radius 2 is 1.73 bits per heavy atom. The number of rotatable bonds is 6. The molecule has 6 nitrogen and oxygen atoms in total. The minimum atomic E-state index is -0.631. The van der Waals surface area contributed by atoms with Gasteiger partial charge in [0.05, 0.1) is 16.9 Å². The molecule has 1 aliphatic rings. The maximum atomic E-state index is 13.1. The van der Waals surface area contributed by atoms with Crippen molar-refractivity contribution < 1.29 is 14.5 Å². The lowest BCUT2D eigenvalue weighted by atomic mass is 9.78. The number of carbonyl (C=O) groups is 1. The molecule has 0 bridgehead atoms. The van der Waals surface area contributed by atoms with Crippen molar-refractivity contribution in [2.75, 3.05) is 11.9 Å². The second-order valence-electron chi connectivity index (χ2n) is 6.50. The van der Waals surface area contributed by atoms with Gasteiger partial charge in [0.15, 0.2) is 0 Å². The number of nitrogens with zero attached hydrogens (tertiary/aromatic N) is 1. The van der Waals surface area contributed by atoms with Gasteiger partial charge in [0.1, 0.15) is 5.75 Å². The molecule has 3 rings (SSSR count). The maximum Gasteiger partial charge on any atom is 0.269 e. The van der Waals surface area contributed by atoms with E-state index in [0.717, 1.165) is 37.0 Å². The molecule has 0 atom stereocenters. The fraction of sp³-hybridized carbons (Fsp3) is 0.350. The van der Waals surface area contributed by atoms with Gasteiger partial charge in [-0.25, -0.2) is 0 Å². The molecule has 0 spiro atoms. The normalized spacial score (nSPS) is 15.4. The summed E-state index contributed by atoms with van der Waals surface area (Å²) in [4.78, 5) is 23.5. The summed E-state index contributed by atoms with van der Waals surface area (Å²) in [5.41, 5.74) is 0.956. The molecule has 1 saturated carbocycles. The largest absolute Gasteiger partial charge is 0.494 e. The smallest absolute Gasteiger partial charge is 0.269 e. The third-order valence-corrected chi connectivity index (χ3v) is 4.95. The van der Waals surface area contributed by atoms with Gasteiger partial charge in [0, 0.05) is 17.8 Å². The van der Waals surface area contributed by atoms with Crippen LogP contribution in [-0.4, -0.2) is 17.4 Å². The molecule has 0 radical (unpaired) electrons. The number of ether oxygens (including phenoxy) is 1. The van der Waals surface area contributed by atoms with Crippen LogP contribution in [0.15, 0.2) is 48.5 Å². The highest BCUT2D eigenvalue weighted by molar-refractivity contribution is 5.99. The monoisotopic (exact) mass is 354 g/mol. The molecule has 6 heteroatoms. The highest BCUT2D eigenvalue weighted by atomic mass is 16.6. The molecule has 0 aromatic heterocycles. The first-order chi connectivity index (χ1) is 12.5. The third-order valence-electron chi connectivity index (χ3n) is 4.95.